The van der Waals surface area contributed by atoms with E-state index in [4.69, 9.17) is 16.1 Å². The molecule has 6 nitrogen and oxygen atoms in total. The molecule has 1 aliphatic heterocycles. The Bertz CT molecular complexity index is 985. The van der Waals surface area contributed by atoms with Crippen molar-refractivity contribution < 1.29 is 12.9 Å². The van der Waals surface area contributed by atoms with E-state index in [1.807, 2.05) is 12.1 Å². The van der Waals surface area contributed by atoms with E-state index < -0.39 is 10.0 Å². The number of aromatic nitrogens is 2. The van der Waals surface area contributed by atoms with Crippen molar-refractivity contribution in [1.82, 2.24) is 14.4 Å². The van der Waals surface area contributed by atoms with E-state index in [-0.39, 0.29) is 5.92 Å². The third-order valence-corrected chi connectivity index (χ3v) is 7.86. The Morgan fingerprint density at radius 2 is 2.04 bits per heavy atom. The number of piperidine rings is 1. The van der Waals surface area contributed by atoms with E-state index >= 15 is 0 Å². The van der Waals surface area contributed by atoms with Crippen LogP contribution in [0.1, 0.15) is 24.7 Å². The van der Waals surface area contributed by atoms with Crippen LogP contribution in [0.5, 0.6) is 0 Å². The minimum absolute atomic E-state index is 0.105. The zero-order valence-electron chi connectivity index (χ0n) is 13.7. The molecule has 0 radical (unpaired) electrons. The molecule has 0 saturated carbocycles. The highest BCUT2D eigenvalue weighted by Crippen LogP contribution is 2.31. The van der Waals surface area contributed by atoms with Gasteiger partial charge in [0.15, 0.2) is 0 Å². The van der Waals surface area contributed by atoms with Gasteiger partial charge in [-0.25, -0.2) is 8.42 Å². The summed E-state index contributed by atoms with van der Waals surface area (Å²) in [6.07, 6.45) is 1.58. The molecule has 0 aliphatic carbocycles. The first-order valence-electron chi connectivity index (χ1n) is 8.17. The summed E-state index contributed by atoms with van der Waals surface area (Å²) in [5.74, 6) is 0.850. The van der Waals surface area contributed by atoms with Crippen LogP contribution in [-0.4, -0.2) is 36.0 Å². The molecule has 0 spiro atoms. The molecule has 1 aliphatic rings. The van der Waals surface area contributed by atoms with E-state index in [1.54, 1.807) is 29.6 Å². The van der Waals surface area contributed by atoms with E-state index in [2.05, 4.69) is 10.1 Å². The Kier molecular flexibility index (Phi) is 4.83. The van der Waals surface area contributed by atoms with Crippen LogP contribution >= 0.6 is 22.9 Å². The van der Waals surface area contributed by atoms with Gasteiger partial charge in [0.1, 0.15) is 4.21 Å². The Balaban J connectivity index is 1.54. The lowest BCUT2D eigenvalue weighted by atomic mass is 10.00. The Hall–Kier alpha value is -1.74. The molecular formula is C17H16ClN3O3S2. The summed E-state index contributed by atoms with van der Waals surface area (Å²) < 4.78 is 32.8. The highest BCUT2D eigenvalue weighted by Gasteiger charge is 2.33. The normalized spacial score (nSPS) is 18.9. The molecule has 1 saturated heterocycles. The van der Waals surface area contributed by atoms with Crippen LogP contribution in [0.3, 0.4) is 0 Å². The monoisotopic (exact) mass is 409 g/mol. The largest absolute Gasteiger partial charge is 0.339 e. The predicted molar refractivity (Wildman–Crippen MR) is 99.8 cm³/mol. The molecule has 1 aromatic carbocycles. The van der Waals surface area contributed by atoms with E-state index in [9.17, 15) is 8.42 Å². The number of rotatable bonds is 4. The van der Waals surface area contributed by atoms with Crippen molar-refractivity contribution in [3.8, 4) is 11.4 Å². The van der Waals surface area contributed by atoms with E-state index in [0.717, 1.165) is 18.4 Å². The quantitative estimate of drug-likeness (QED) is 0.650. The van der Waals surface area contributed by atoms with Gasteiger partial charge in [0.25, 0.3) is 10.0 Å². The number of benzene rings is 1. The summed E-state index contributed by atoms with van der Waals surface area (Å²) >= 11 is 7.13. The molecule has 26 heavy (non-hydrogen) atoms. The van der Waals surface area contributed by atoms with Gasteiger partial charge in [-0.15, -0.1) is 11.3 Å². The van der Waals surface area contributed by atoms with Gasteiger partial charge in [-0.2, -0.15) is 9.29 Å². The summed E-state index contributed by atoms with van der Waals surface area (Å²) in [7, 11) is -3.46. The molecule has 0 bridgehead atoms. The van der Waals surface area contributed by atoms with Crippen LogP contribution in [0.25, 0.3) is 11.4 Å². The number of halogens is 1. The van der Waals surface area contributed by atoms with Crippen LogP contribution < -0.4 is 0 Å². The molecule has 1 atom stereocenters. The van der Waals surface area contributed by atoms with Crippen molar-refractivity contribution in [2.24, 2.45) is 0 Å². The molecule has 3 aromatic rings. The zero-order valence-corrected chi connectivity index (χ0v) is 16.1. The number of thiophene rings is 1. The maximum Gasteiger partial charge on any atom is 0.252 e. The van der Waals surface area contributed by atoms with Crippen LogP contribution in [0.2, 0.25) is 5.02 Å². The molecule has 4 rings (SSSR count). The molecule has 9 heteroatoms. The number of hydrogen-bond donors (Lipinski definition) is 0. The van der Waals surface area contributed by atoms with Gasteiger partial charge in [0.05, 0.1) is 5.92 Å². The molecule has 0 N–H and O–H groups in total. The summed E-state index contributed by atoms with van der Waals surface area (Å²) in [4.78, 5) is 4.47. The van der Waals surface area contributed by atoms with Gasteiger partial charge in [0.2, 0.25) is 11.7 Å². The maximum absolute atomic E-state index is 12.7. The summed E-state index contributed by atoms with van der Waals surface area (Å²) in [5.41, 5.74) is 0.809. The first kappa shape index (κ1) is 17.7. The lowest BCUT2D eigenvalue weighted by molar-refractivity contribution is 0.266. The molecule has 2 aromatic heterocycles. The molecule has 3 heterocycles. The van der Waals surface area contributed by atoms with Crippen molar-refractivity contribution in [2.75, 3.05) is 13.1 Å². The second kappa shape index (κ2) is 7.11. The Labute approximate surface area is 160 Å². The summed E-state index contributed by atoms with van der Waals surface area (Å²) in [6.45, 7) is 0.859. The van der Waals surface area contributed by atoms with Gasteiger partial charge >= 0.3 is 0 Å². The van der Waals surface area contributed by atoms with E-state index in [0.29, 0.717) is 34.0 Å². The Morgan fingerprint density at radius 3 is 2.77 bits per heavy atom. The molecular weight excluding hydrogens is 394 g/mol. The van der Waals surface area contributed by atoms with Crippen molar-refractivity contribution in [3.05, 3.63) is 52.7 Å². The Morgan fingerprint density at radius 1 is 1.23 bits per heavy atom. The zero-order chi connectivity index (χ0) is 18.1. The first-order chi connectivity index (χ1) is 12.5. The lowest BCUT2D eigenvalue weighted by Crippen LogP contribution is -2.38. The third kappa shape index (κ3) is 3.42. The van der Waals surface area contributed by atoms with Crippen molar-refractivity contribution >= 4 is 33.0 Å². The predicted octanol–water partition coefficient (Wildman–Crippen LogP) is 4.02. The number of nitrogens with zero attached hydrogens (tertiary/aromatic N) is 3. The van der Waals surface area contributed by atoms with Crippen molar-refractivity contribution in [2.45, 2.75) is 23.0 Å². The second-order valence-electron chi connectivity index (χ2n) is 6.10. The minimum Gasteiger partial charge on any atom is -0.339 e. The van der Waals surface area contributed by atoms with Crippen LogP contribution in [-0.2, 0) is 10.0 Å². The number of hydrogen-bond acceptors (Lipinski definition) is 6. The number of sulfonamides is 1. The van der Waals surface area contributed by atoms with Crippen LogP contribution in [0.15, 0.2) is 50.5 Å². The minimum atomic E-state index is -3.46. The molecule has 1 fully saturated rings. The van der Waals surface area contributed by atoms with Crippen LogP contribution in [0, 0.1) is 0 Å². The van der Waals surface area contributed by atoms with Crippen molar-refractivity contribution in [1.29, 1.82) is 0 Å². The van der Waals surface area contributed by atoms with Crippen LogP contribution in [0.4, 0.5) is 0 Å². The molecule has 1 unspecified atom stereocenters. The van der Waals surface area contributed by atoms with Gasteiger partial charge in [-0.1, -0.05) is 22.8 Å². The highest BCUT2D eigenvalue weighted by atomic mass is 35.5. The summed E-state index contributed by atoms with van der Waals surface area (Å²) in [6, 6.07) is 10.6. The van der Waals surface area contributed by atoms with Gasteiger partial charge in [0, 0.05) is 23.7 Å². The smallest absolute Gasteiger partial charge is 0.252 e. The SMILES string of the molecule is O=S(=O)(c1cccs1)N1CCCC(c2nc(-c3ccc(Cl)cc3)no2)C1. The second-order valence-corrected chi connectivity index (χ2v) is 9.65. The fraction of sp³-hybridized carbons (Fsp3) is 0.294. The first-order valence-corrected chi connectivity index (χ1v) is 10.9. The maximum atomic E-state index is 12.7. The lowest BCUT2D eigenvalue weighted by Gasteiger charge is -2.29. The fourth-order valence-corrected chi connectivity index (χ4v) is 5.81. The average Bonchev–Trinajstić information content (AvgIpc) is 3.35. The fourth-order valence-electron chi connectivity index (χ4n) is 3.02. The average molecular weight is 410 g/mol. The standard InChI is InChI=1S/C17H16ClN3O3S2/c18-14-7-5-12(6-8-14)16-19-17(24-20-16)13-3-1-9-21(11-13)26(22,23)15-4-2-10-25-15/h2,4-8,10,13H,1,3,9,11H2. The highest BCUT2D eigenvalue weighted by molar-refractivity contribution is 7.91. The summed E-state index contributed by atoms with van der Waals surface area (Å²) in [5, 5.41) is 6.44. The van der Waals surface area contributed by atoms with E-state index in [1.165, 1.54) is 15.6 Å². The third-order valence-electron chi connectivity index (χ3n) is 4.37. The topological polar surface area (TPSA) is 76.3 Å². The molecule has 0 amide bonds. The van der Waals surface area contributed by atoms with Gasteiger partial charge in [-0.05, 0) is 48.6 Å². The molecule has 136 valence electrons. The van der Waals surface area contributed by atoms with Gasteiger partial charge < -0.3 is 4.52 Å². The van der Waals surface area contributed by atoms with Gasteiger partial charge in [-0.3, -0.25) is 0 Å². The van der Waals surface area contributed by atoms with Crippen molar-refractivity contribution in [3.63, 3.8) is 0 Å².